The lowest BCUT2D eigenvalue weighted by Gasteiger charge is -2.23. The predicted molar refractivity (Wildman–Crippen MR) is 125 cm³/mol. The van der Waals surface area contributed by atoms with Crippen molar-refractivity contribution >= 4 is 38.9 Å². The second-order valence-electron chi connectivity index (χ2n) is 8.67. The van der Waals surface area contributed by atoms with Crippen LogP contribution in [0.25, 0.3) is 32.9 Å². The molecular weight excluding hydrogens is 543 g/mol. The van der Waals surface area contributed by atoms with Crippen LogP contribution < -0.4 is 4.90 Å². The van der Waals surface area contributed by atoms with Gasteiger partial charge in [0.25, 0.3) is 11.6 Å². The fourth-order valence-corrected chi connectivity index (χ4v) is 4.32. The molecule has 4 rings (SSSR count). The number of aromatic nitrogens is 1. The monoisotopic (exact) mass is 558 g/mol. The number of Topliss-reactive ketones (excluding diaryl/α,β-unsaturated/α-hetero) is 2. The number of ketones is 2. The van der Waals surface area contributed by atoms with Gasteiger partial charge in [-0.3, -0.25) is 9.59 Å². The Morgan fingerprint density at radius 2 is 1.26 bits per heavy atom. The predicted octanol–water partition coefficient (Wildman–Crippen LogP) is 7.63. The zero-order valence-electron chi connectivity index (χ0n) is 19.8. The van der Waals surface area contributed by atoms with Crippen molar-refractivity contribution in [1.82, 2.24) is 4.98 Å². The van der Waals surface area contributed by atoms with E-state index >= 15 is 0 Å². The largest absolute Gasteiger partial charge is 0.454 e. The van der Waals surface area contributed by atoms with Gasteiger partial charge in [-0.15, -0.1) is 0 Å². The van der Waals surface area contributed by atoms with Gasteiger partial charge in [-0.2, -0.15) is 39.5 Å². The summed E-state index contributed by atoms with van der Waals surface area (Å²) in [7, 11) is 2.37. The number of rotatable bonds is 4. The second-order valence-corrected chi connectivity index (χ2v) is 8.67. The summed E-state index contributed by atoms with van der Waals surface area (Å²) in [4.78, 5) is 29.9. The number of carbonyl (C=O) groups excluding carboxylic acids is 2. The van der Waals surface area contributed by atoms with Crippen molar-refractivity contribution in [3.8, 4) is 11.3 Å². The number of pyridine rings is 1. The normalized spacial score (nSPS) is 12.7. The minimum atomic E-state index is -5.64. The van der Waals surface area contributed by atoms with Crippen molar-refractivity contribution in [3.63, 3.8) is 0 Å². The molecule has 4 nitrogen and oxygen atoms in total. The Morgan fingerprint density at radius 1 is 0.718 bits per heavy atom. The Bertz CT molecular complexity index is 1620. The van der Waals surface area contributed by atoms with Gasteiger partial charge in [-0.05, 0) is 12.1 Å². The third kappa shape index (κ3) is 5.00. The van der Waals surface area contributed by atoms with Crippen LogP contribution in [0.2, 0.25) is 0 Å². The third-order valence-electron chi connectivity index (χ3n) is 5.88. The number of hydrogen-bond donors (Lipinski definition) is 0. The summed E-state index contributed by atoms with van der Waals surface area (Å²) in [5.41, 5.74) is -5.41. The maximum atomic E-state index is 14.1. The lowest BCUT2D eigenvalue weighted by molar-refractivity contribution is -0.136. The van der Waals surface area contributed by atoms with Crippen LogP contribution in [0.1, 0.15) is 26.3 Å². The molecule has 0 bridgehead atoms. The van der Waals surface area contributed by atoms with Crippen LogP contribution in [-0.4, -0.2) is 43.0 Å². The molecule has 39 heavy (non-hydrogen) atoms. The maximum absolute atomic E-state index is 14.1. The van der Waals surface area contributed by atoms with Crippen molar-refractivity contribution < 1.29 is 49.1 Å². The van der Waals surface area contributed by atoms with E-state index in [1.54, 1.807) is 6.07 Å². The molecule has 0 saturated carbocycles. The number of carbonyl (C=O) groups is 2. The van der Waals surface area contributed by atoms with E-state index in [-0.39, 0.29) is 17.3 Å². The molecule has 0 radical (unpaired) electrons. The molecule has 0 aliphatic carbocycles. The average Bonchev–Trinajstić information content (AvgIpc) is 2.84. The Balaban J connectivity index is 2.31. The molecule has 0 saturated heterocycles. The first kappa shape index (κ1) is 27.9. The van der Waals surface area contributed by atoms with Crippen LogP contribution in [0.5, 0.6) is 0 Å². The van der Waals surface area contributed by atoms with E-state index in [0.29, 0.717) is 6.07 Å². The fourth-order valence-electron chi connectivity index (χ4n) is 4.32. The molecule has 0 N–H and O–H groups in total. The number of fused-ring (bicyclic) bond motifs is 3. The molecule has 13 heteroatoms. The highest BCUT2D eigenvalue weighted by molar-refractivity contribution is 6.25. The highest BCUT2D eigenvalue weighted by Gasteiger charge is 2.45. The van der Waals surface area contributed by atoms with Gasteiger partial charge < -0.3 is 4.90 Å². The molecule has 0 unspecified atom stereocenters. The molecule has 204 valence electrons. The summed E-state index contributed by atoms with van der Waals surface area (Å²) < 4.78 is 123. The van der Waals surface area contributed by atoms with Gasteiger partial charge in [0.2, 0.25) is 0 Å². The Morgan fingerprint density at radius 3 is 1.77 bits per heavy atom. The van der Waals surface area contributed by atoms with Crippen molar-refractivity contribution in [3.05, 3.63) is 71.3 Å². The summed E-state index contributed by atoms with van der Waals surface area (Å²) in [5.74, 6) is -5.19. The molecular formula is C26H15F9N2O2. The highest BCUT2D eigenvalue weighted by atomic mass is 19.4. The van der Waals surface area contributed by atoms with Gasteiger partial charge in [0.1, 0.15) is 0 Å². The SMILES string of the molecule is CN(C)c1c(C(=O)C(F)(F)F)cc(C(=O)C(F)(F)F)c2c1ccc1c(C(F)(F)F)cc(-c3ccccc3)nc12. The Labute approximate surface area is 213 Å². The van der Waals surface area contributed by atoms with Crippen LogP contribution in [0.3, 0.4) is 0 Å². The van der Waals surface area contributed by atoms with Crippen molar-refractivity contribution in [1.29, 1.82) is 0 Å². The number of benzene rings is 3. The third-order valence-corrected chi connectivity index (χ3v) is 5.88. The molecule has 0 aliphatic rings. The van der Waals surface area contributed by atoms with Crippen molar-refractivity contribution in [2.45, 2.75) is 18.5 Å². The van der Waals surface area contributed by atoms with E-state index in [9.17, 15) is 49.1 Å². The van der Waals surface area contributed by atoms with E-state index in [4.69, 9.17) is 0 Å². The molecule has 3 aromatic carbocycles. The van der Waals surface area contributed by atoms with Gasteiger partial charge in [0, 0.05) is 41.4 Å². The van der Waals surface area contributed by atoms with Gasteiger partial charge in [-0.1, -0.05) is 42.5 Å². The summed E-state index contributed by atoms with van der Waals surface area (Å²) in [6, 6.07) is 9.79. The molecule has 4 aromatic rings. The molecule has 1 aromatic heterocycles. The standard InChI is InChI=1S/C26H15F9N2O2/c1-37(2)21-14-9-8-13-17(24(27,28)29)11-18(12-6-4-3-5-7-12)36-20(13)19(14)15(22(38)25(30,31)32)10-16(21)23(39)26(33,34)35/h3-11H,1-2H3. The molecule has 0 fully saturated rings. The minimum absolute atomic E-state index is 0.118. The smallest absolute Gasteiger partial charge is 0.377 e. The fraction of sp³-hybridized carbons (Fsp3) is 0.192. The second kappa shape index (κ2) is 9.24. The Kier molecular flexibility index (Phi) is 6.60. The highest BCUT2D eigenvalue weighted by Crippen LogP contribution is 2.44. The molecule has 0 spiro atoms. The van der Waals surface area contributed by atoms with Crippen LogP contribution in [0.4, 0.5) is 45.2 Å². The minimum Gasteiger partial charge on any atom is -0.377 e. The van der Waals surface area contributed by atoms with Crippen LogP contribution in [0.15, 0.2) is 54.6 Å². The van der Waals surface area contributed by atoms with Gasteiger partial charge in [0.05, 0.1) is 28.0 Å². The van der Waals surface area contributed by atoms with Crippen LogP contribution in [0, 0.1) is 0 Å². The first-order valence-electron chi connectivity index (χ1n) is 10.9. The van der Waals surface area contributed by atoms with E-state index < -0.39 is 74.1 Å². The first-order chi connectivity index (χ1) is 17.9. The number of alkyl halides is 9. The number of anilines is 1. The van der Waals surface area contributed by atoms with Crippen LogP contribution >= 0.6 is 0 Å². The van der Waals surface area contributed by atoms with E-state index in [2.05, 4.69) is 4.98 Å². The quantitative estimate of drug-likeness (QED) is 0.147. The molecule has 0 atom stereocenters. The lowest BCUT2D eigenvalue weighted by Crippen LogP contribution is -2.28. The lowest BCUT2D eigenvalue weighted by atomic mass is 9.90. The van der Waals surface area contributed by atoms with Crippen LogP contribution in [-0.2, 0) is 6.18 Å². The van der Waals surface area contributed by atoms with Crippen molar-refractivity contribution in [2.75, 3.05) is 19.0 Å². The summed E-state index contributed by atoms with van der Waals surface area (Å²) in [6.07, 6.45) is -16.2. The zero-order valence-corrected chi connectivity index (χ0v) is 19.8. The van der Waals surface area contributed by atoms with E-state index in [0.717, 1.165) is 17.0 Å². The zero-order chi connectivity index (χ0) is 29.1. The van der Waals surface area contributed by atoms with Gasteiger partial charge in [0.15, 0.2) is 0 Å². The number of nitrogens with zero attached hydrogens (tertiary/aromatic N) is 2. The summed E-state index contributed by atoms with van der Waals surface area (Å²) >= 11 is 0. The topological polar surface area (TPSA) is 50.3 Å². The van der Waals surface area contributed by atoms with E-state index in [1.165, 1.54) is 38.4 Å². The Hall–Kier alpha value is -4.16. The number of hydrogen-bond acceptors (Lipinski definition) is 4. The molecule has 1 heterocycles. The maximum Gasteiger partial charge on any atom is 0.454 e. The summed E-state index contributed by atoms with van der Waals surface area (Å²) in [5, 5.41) is -1.97. The summed E-state index contributed by atoms with van der Waals surface area (Å²) in [6.45, 7) is 0. The average molecular weight is 558 g/mol. The first-order valence-corrected chi connectivity index (χ1v) is 10.9. The number of halogens is 9. The van der Waals surface area contributed by atoms with Gasteiger partial charge in [-0.25, -0.2) is 4.98 Å². The van der Waals surface area contributed by atoms with Crippen molar-refractivity contribution in [2.24, 2.45) is 0 Å². The molecule has 0 aliphatic heterocycles. The van der Waals surface area contributed by atoms with Gasteiger partial charge >= 0.3 is 18.5 Å². The molecule has 0 amide bonds. The van der Waals surface area contributed by atoms with E-state index in [1.807, 2.05) is 0 Å².